The van der Waals surface area contributed by atoms with Gasteiger partial charge in [-0.05, 0) is 50.8 Å². The van der Waals surface area contributed by atoms with Gasteiger partial charge in [0, 0.05) is 16.1 Å². The summed E-state index contributed by atoms with van der Waals surface area (Å²) in [6, 6.07) is 3.13. The number of thiazole rings is 1. The summed E-state index contributed by atoms with van der Waals surface area (Å²) in [5, 5.41) is 9.39. The van der Waals surface area contributed by atoms with E-state index in [0.29, 0.717) is 6.42 Å². The minimum absolute atomic E-state index is 0.189. The van der Waals surface area contributed by atoms with Gasteiger partial charge in [0.15, 0.2) is 4.80 Å². The van der Waals surface area contributed by atoms with Crippen molar-refractivity contribution in [1.82, 2.24) is 4.57 Å². The number of aryl methyl sites for hydroxylation is 1. The lowest BCUT2D eigenvalue weighted by Gasteiger charge is -2.17. The predicted molar refractivity (Wildman–Crippen MR) is 92.6 cm³/mol. The lowest BCUT2D eigenvalue weighted by Crippen LogP contribution is -2.28. The molecule has 1 aliphatic carbocycles. The maximum atomic E-state index is 12.9. The van der Waals surface area contributed by atoms with E-state index in [9.17, 15) is 27.9 Å². The van der Waals surface area contributed by atoms with E-state index in [1.54, 1.807) is 0 Å². The van der Waals surface area contributed by atoms with E-state index in [1.807, 2.05) is 0 Å². The summed E-state index contributed by atoms with van der Waals surface area (Å²) < 4.78 is 40.1. The molecule has 27 heavy (non-hydrogen) atoms. The summed E-state index contributed by atoms with van der Waals surface area (Å²) in [7, 11) is 0. The van der Waals surface area contributed by atoms with Crippen LogP contribution in [0.2, 0.25) is 0 Å². The van der Waals surface area contributed by atoms with Gasteiger partial charge < -0.3 is 9.67 Å². The highest BCUT2D eigenvalue weighted by Gasteiger charge is 2.31. The third-order valence-electron chi connectivity index (χ3n) is 4.48. The Balaban J connectivity index is 2.08. The molecule has 1 atom stereocenters. The van der Waals surface area contributed by atoms with Crippen molar-refractivity contribution in [1.29, 1.82) is 0 Å². The maximum absolute atomic E-state index is 12.9. The van der Waals surface area contributed by atoms with Crippen LogP contribution in [-0.2, 0) is 23.8 Å². The molecule has 1 aromatic carbocycles. The van der Waals surface area contributed by atoms with E-state index in [4.69, 9.17) is 0 Å². The smallest absolute Gasteiger partial charge is 0.416 e. The number of fused-ring (bicyclic) bond motifs is 1. The van der Waals surface area contributed by atoms with Crippen LogP contribution in [0.15, 0.2) is 29.3 Å². The summed E-state index contributed by atoms with van der Waals surface area (Å²) in [5.41, 5.74) is -0.275. The topological polar surface area (TPSA) is 71.7 Å². The standard InChI is InChI=1S/C18H17F3N2O3S/c1-10(16(25)26)23-13-7-2-3-8-14(13)27-17(23)22-15(24)11-5-4-6-12(9-11)18(19,20)21/h4-6,9-10H,2-3,7-8H2,1H3,(H,25,26)/b22-17-. The number of rotatable bonds is 3. The molecule has 0 saturated carbocycles. The molecule has 0 aliphatic heterocycles. The second-order valence-electron chi connectivity index (χ2n) is 6.34. The number of alkyl halides is 3. The molecular formula is C18H17F3N2O3S. The third-order valence-corrected chi connectivity index (χ3v) is 5.64. The van der Waals surface area contributed by atoms with Gasteiger partial charge >= 0.3 is 12.1 Å². The molecular weight excluding hydrogens is 381 g/mol. The highest BCUT2D eigenvalue weighted by Crippen LogP contribution is 2.30. The van der Waals surface area contributed by atoms with Crippen LogP contribution in [0.3, 0.4) is 0 Å². The van der Waals surface area contributed by atoms with E-state index < -0.39 is 29.7 Å². The number of halogens is 3. The predicted octanol–water partition coefficient (Wildman–Crippen LogP) is 3.83. The maximum Gasteiger partial charge on any atom is 0.416 e. The normalized spacial score (nSPS) is 16.1. The highest BCUT2D eigenvalue weighted by atomic mass is 32.1. The number of aromatic nitrogens is 1. The van der Waals surface area contributed by atoms with E-state index in [2.05, 4.69) is 4.99 Å². The van der Waals surface area contributed by atoms with Crippen molar-refractivity contribution >= 4 is 23.2 Å². The molecule has 144 valence electrons. The van der Waals surface area contributed by atoms with Crippen molar-refractivity contribution < 1.29 is 27.9 Å². The van der Waals surface area contributed by atoms with Gasteiger partial charge in [0.05, 0.1) is 5.56 Å². The number of nitrogens with zero attached hydrogens (tertiary/aromatic N) is 2. The first-order valence-electron chi connectivity index (χ1n) is 8.40. The number of benzene rings is 1. The molecule has 1 N–H and O–H groups in total. The zero-order chi connectivity index (χ0) is 19.8. The van der Waals surface area contributed by atoms with Gasteiger partial charge in [-0.2, -0.15) is 18.2 Å². The van der Waals surface area contributed by atoms with Crippen molar-refractivity contribution in [3.63, 3.8) is 0 Å². The molecule has 1 heterocycles. The lowest BCUT2D eigenvalue weighted by atomic mass is 10.0. The SMILES string of the molecule is CC(C(=O)O)n1c2c(s/c1=N\C(=O)c1cccc(C(F)(F)F)c1)CCCC2. The second kappa shape index (κ2) is 7.30. The summed E-state index contributed by atoms with van der Waals surface area (Å²) >= 11 is 1.23. The summed E-state index contributed by atoms with van der Waals surface area (Å²) in [5.74, 6) is -1.89. The van der Waals surface area contributed by atoms with Crippen LogP contribution in [0, 0.1) is 0 Å². The molecule has 2 aromatic rings. The molecule has 1 aromatic heterocycles. The Morgan fingerprint density at radius 1 is 1.26 bits per heavy atom. The Kier molecular flexibility index (Phi) is 5.23. The van der Waals surface area contributed by atoms with Gasteiger partial charge in [0.25, 0.3) is 5.91 Å². The Morgan fingerprint density at radius 2 is 1.96 bits per heavy atom. The zero-order valence-corrected chi connectivity index (χ0v) is 15.2. The van der Waals surface area contributed by atoms with Gasteiger partial charge in [-0.1, -0.05) is 6.07 Å². The summed E-state index contributed by atoms with van der Waals surface area (Å²) in [4.78, 5) is 29.1. The zero-order valence-electron chi connectivity index (χ0n) is 14.4. The summed E-state index contributed by atoms with van der Waals surface area (Å²) in [6.45, 7) is 1.50. The Bertz CT molecular complexity index is 959. The number of carbonyl (C=O) groups is 2. The number of hydrogen-bond acceptors (Lipinski definition) is 3. The van der Waals surface area contributed by atoms with E-state index >= 15 is 0 Å². The number of hydrogen-bond donors (Lipinski definition) is 1. The third kappa shape index (κ3) is 3.97. The van der Waals surface area contributed by atoms with E-state index in [0.717, 1.165) is 48.0 Å². The first kappa shape index (κ1) is 19.3. The van der Waals surface area contributed by atoms with Crippen LogP contribution < -0.4 is 4.80 Å². The van der Waals surface area contributed by atoms with Crippen LogP contribution in [0.4, 0.5) is 13.2 Å². The quantitative estimate of drug-likeness (QED) is 0.854. The minimum atomic E-state index is -4.56. The number of amides is 1. The first-order chi connectivity index (χ1) is 12.7. The average molecular weight is 398 g/mol. The van der Waals surface area contributed by atoms with Crippen molar-refractivity contribution in [2.45, 2.75) is 44.8 Å². The van der Waals surface area contributed by atoms with Crippen LogP contribution in [-0.4, -0.2) is 21.6 Å². The average Bonchev–Trinajstić information content (AvgIpc) is 2.98. The molecule has 0 spiro atoms. The van der Waals surface area contributed by atoms with Gasteiger partial charge in [0.1, 0.15) is 6.04 Å². The summed E-state index contributed by atoms with van der Waals surface area (Å²) in [6.07, 6.45) is -1.21. The number of carboxylic acid groups (broad SMARTS) is 1. The van der Waals surface area contributed by atoms with Gasteiger partial charge in [-0.15, -0.1) is 11.3 Å². The number of aliphatic carboxylic acids is 1. The number of carboxylic acids is 1. The highest BCUT2D eigenvalue weighted by molar-refractivity contribution is 7.09. The molecule has 3 rings (SSSR count). The number of carbonyl (C=O) groups excluding carboxylic acids is 1. The van der Waals surface area contributed by atoms with Crippen molar-refractivity contribution in [2.75, 3.05) is 0 Å². The lowest BCUT2D eigenvalue weighted by molar-refractivity contribution is -0.140. The minimum Gasteiger partial charge on any atom is -0.480 e. The molecule has 1 amide bonds. The van der Waals surface area contributed by atoms with Crippen molar-refractivity contribution in [3.8, 4) is 0 Å². The van der Waals surface area contributed by atoms with Gasteiger partial charge in [0.2, 0.25) is 0 Å². The fourth-order valence-corrected chi connectivity index (χ4v) is 4.35. The second-order valence-corrected chi connectivity index (χ2v) is 7.40. The van der Waals surface area contributed by atoms with Crippen LogP contribution in [0.25, 0.3) is 0 Å². The van der Waals surface area contributed by atoms with Crippen molar-refractivity contribution in [2.24, 2.45) is 4.99 Å². The molecule has 1 aliphatic rings. The fourth-order valence-electron chi connectivity index (χ4n) is 3.07. The molecule has 1 unspecified atom stereocenters. The van der Waals surface area contributed by atoms with Crippen molar-refractivity contribution in [3.05, 3.63) is 50.8 Å². The monoisotopic (exact) mass is 398 g/mol. The van der Waals surface area contributed by atoms with Gasteiger partial charge in [-0.3, -0.25) is 4.79 Å². The largest absolute Gasteiger partial charge is 0.480 e. The molecule has 0 fully saturated rings. The van der Waals surface area contributed by atoms with Gasteiger partial charge in [-0.25, -0.2) is 4.79 Å². The Morgan fingerprint density at radius 3 is 2.63 bits per heavy atom. The van der Waals surface area contributed by atoms with Crippen LogP contribution in [0.5, 0.6) is 0 Å². The molecule has 5 nitrogen and oxygen atoms in total. The fraction of sp³-hybridized carbons (Fsp3) is 0.389. The molecule has 9 heteroatoms. The van der Waals surface area contributed by atoms with Crippen LogP contribution in [0.1, 0.15) is 52.3 Å². The van der Waals surface area contributed by atoms with Crippen LogP contribution >= 0.6 is 11.3 Å². The van der Waals surface area contributed by atoms with E-state index in [1.165, 1.54) is 28.9 Å². The first-order valence-corrected chi connectivity index (χ1v) is 9.22. The Labute approximate surface area is 156 Å². The molecule has 0 saturated heterocycles. The van der Waals surface area contributed by atoms with E-state index in [-0.39, 0.29) is 10.4 Å². The molecule has 0 bridgehead atoms. The molecule has 0 radical (unpaired) electrons. The Hall–Kier alpha value is -2.42.